The molecule has 3 nitrogen and oxygen atoms in total. The summed E-state index contributed by atoms with van der Waals surface area (Å²) in [5.41, 5.74) is 2.26. The molecule has 94 valence electrons. The third-order valence-corrected chi connectivity index (χ3v) is 2.75. The molecule has 2 N–H and O–H groups in total. The van der Waals surface area contributed by atoms with Crippen molar-refractivity contribution in [3.8, 4) is 11.5 Å². The van der Waals surface area contributed by atoms with Crippen molar-refractivity contribution in [3.63, 3.8) is 0 Å². The van der Waals surface area contributed by atoms with E-state index >= 15 is 0 Å². The largest absolute Gasteiger partial charge is 0.507 e. The topological polar surface area (TPSA) is 53.6 Å². The normalized spacial score (nSPS) is 11.5. The highest BCUT2D eigenvalue weighted by molar-refractivity contribution is 5.71. The van der Waals surface area contributed by atoms with Crippen LogP contribution in [-0.2, 0) is 0 Å². The second kappa shape index (κ2) is 5.00. The van der Waals surface area contributed by atoms with E-state index in [4.69, 9.17) is 4.42 Å². The third-order valence-electron chi connectivity index (χ3n) is 2.75. The van der Waals surface area contributed by atoms with Crippen LogP contribution in [0, 0.1) is 0 Å². The fourth-order valence-electron chi connectivity index (χ4n) is 1.89. The molecule has 2 rings (SSSR count). The molecular weight excluding hydrogens is 228 g/mol. The monoisotopic (exact) mass is 244 g/mol. The first kappa shape index (κ1) is 12.3. The molecule has 0 fully saturated rings. The van der Waals surface area contributed by atoms with Gasteiger partial charge in [0.05, 0.1) is 12.5 Å². The summed E-state index contributed by atoms with van der Waals surface area (Å²) >= 11 is 0. The van der Waals surface area contributed by atoms with Crippen molar-refractivity contribution in [2.45, 2.75) is 19.8 Å². The molecule has 18 heavy (non-hydrogen) atoms. The first-order chi connectivity index (χ1) is 8.58. The maximum absolute atomic E-state index is 9.89. The van der Waals surface area contributed by atoms with E-state index in [2.05, 4.69) is 0 Å². The minimum Gasteiger partial charge on any atom is -0.507 e. The summed E-state index contributed by atoms with van der Waals surface area (Å²) in [5, 5.41) is 19.8. The van der Waals surface area contributed by atoms with E-state index in [1.807, 2.05) is 32.1 Å². The molecule has 0 aliphatic rings. The van der Waals surface area contributed by atoms with E-state index in [0.29, 0.717) is 5.56 Å². The SMILES string of the molecule is CC(C)c1c(O)cc(/C=C/c2ccoc2)cc1O. The van der Waals surface area contributed by atoms with Gasteiger partial charge < -0.3 is 14.6 Å². The summed E-state index contributed by atoms with van der Waals surface area (Å²) in [6, 6.07) is 5.12. The third kappa shape index (κ3) is 2.56. The molecule has 0 radical (unpaired) electrons. The van der Waals surface area contributed by atoms with Crippen LogP contribution in [-0.4, -0.2) is 10.2 Å². The Labute approximate surface area is 106 Å². The van der Waals surface area contributed by atoms with Gasteiger partial charge in [-0.1, -0.05) is 26.0 Å². The van der Waals surface area contributed by atoms with Crippen LogP contribution in [0.15, 0.2) is 35.1 Å². The summed E-state index contributed by atoms with van der Waals surface area (Å²) < 4.78 is 4.95. The molecule has 0 saturated carbocycles. The molecule has 2 aromatic rings. The van der Waals surface area contributed by atoms with Gasteiger partial charge >= 0.3 is 0 Å². The van der Waals surface area contributed by atoms with Crippen molar-refractivity contribution in [1.82, 2.24) is 0 Å². The molecule has 0 aliphatic heterocycles. The lowest BCUT2D eigenvalue weighted by atomic mass is 9.98. The highest BCUT2D eigenvalue weighted by Gasteiger charge is 2.12. The van der Waals surface area contributed by atoms with Crippen LogP contribution in [0.2, 0.25) is 0 Å². The van der Waals surface area contributed by atoms with Gasteiger partial charge in [-0.15, -0.1) is 0 Å². The lowest BCUT2D eigenvalue weighted by Gasteiger charge is -2.11. The van der Waals surface area contributed by atoms with Crippen molar-refractivity contribution in [2.24, 2.45) is 0 Å². The molecule has 0 spiro atoms. The minimum atomic E-state index is 0.0805. The molecule has 0 bridgehead atoms. The van der Waals surface area contributed by atoms with Gasteiger partial charge in [0, 0.05) is 11.1 Å². The van der Waals surface area contributed by atoms with Crippen molar-refractivity contribution in [2.75, 3.05) is 0 Å². The number of hydrogen-bond acceptors (Lipinski definition) is 3. The quantitative estimate of drug-likeness (QED) is 0.858. The zero-order valence-corrected chi connectivity index (χ0v) is 10.4. The molecule has 1 heterocycles. The Bertz CT molecular complexity index is 528. The molecule has 0 atom stereocenters. The van der Waals surface area contributed by atoms with E-state index in [9.17, 15) is 10.2 Å². The predicted molar refractivity (Wildman–Crippen MR) is 71.5 cm³/mol. The fourth-order valence-corrected chi connectivity index (χ4v) is 1.89. The Kier molecular flexibility index (Phi) is 3.42. The molecule has 1 aromatic heterocycles. The second-order valence-corrected chi connectivity index (χ2v) is 4.52. The van der Waals surface area contributed by atoms with E-state index in [1.54, 1.807) is 24.7 Å². The van der Waals surface area contributed by atoms with Crippen LogP contribution in [0.25, 0.3) is 12.2 Å². The number of phenols is 2. The Hall–Kier alpha value is -2.16. The Balaban J connectivity index is 2.31. The average molecular weight is 244 g/mol. The van der Waals surface area contributed by atoms with E-state index in [0.717, 1.165) is 11.1 Å². The zero-order valence-electron chi connectivity index (χ0n) is 10.4. The lowest BCUT2D eigenvalue weighted by Crippen LogP contribution is -1.90. The predicted octanol–water partition coefficient (Wildman–Crippen LogP) is 3.98. The first-order valence-corrected chi connectivity index (χ1v) is 5.84. The van der Waals surface area contributed by atoms with Crippen molar-refractivity contribution in [3.05, 3.63) is 47.4 Å². The van der Waals surface area contributed by atoms with Crippen LogP contribution in [0.3, 0.4) is 0 Å². The Morgan fingerprint density at radius 3 is 2.17 bits per heavy atom. The number of hydrogen-bond donors (Lipinski definition) is 2. The van der Waals surface area contributed by atoms with Gasteiger partial charge in [-0.2, -0.15) is 0 Å². The highest BCUT2D eigenvalue weighted by atomic mass is 16.3. The number of aromatic hydroxyl groups is 2. The summed E-state index contributed by atoms with van der Waals surface area (Å²) in [7, 11) is 0. The van der Waals surface area contributed by atoms with Gasteiger partial charge in [-0.3, -0.25) is 0 Å². The standard InChI is InChI=1S/C15H16O3/c1-10(2)15-13(16)7-12(8-14(15)17)4-3-11-5-6-18-9-11/h3-10,16-17H,1-2H3/b4-3+. The van der Waals surface area contributed by atoms with E-state index in [-0.39, 0.29) is 17.4 Å². The van der Waals surface area contributed by atoms with Crippen LogP contribution >= 0.6 is 0 Å². The molecule has 1 aromatic carbocycles. The van der Waals surface area contributed by atoms with Gasteiger partial charge in [-0.25, -0.2) is 0 Å². The van der Waals surface area contributed by atoms with Gasteiger partial charge in [0.1, 0.15) is 11.5 Å². The van der Waals surface area contributed by atoms with Gasteiger partial charge in [0.2, 0.25) is 0 Å². The summed E-state index contributed by atoms with van der Waals surface area (Å²) in [4.78, 5) is 0. The maximum Gasteiger partial charge on any atom is 0.123 e. The van der Waals surface area contributed by atoms with Crippen molar-refractivity contribution < 1.29 is 14.6 Å². The number of benzene rings is 1. The maximum atomic E-state index is 9.89. The molecule has 0 unspecified atom stereocenters. The van der Waals surface area contributed by atoms with Crippen LogP contribution in [0.4, 0.5) is 0 Å². The second-order valence-electron chi connectivity index (χ2n) is 4.52. The summed E-state index contributed by atoms with van der Waals surface area (Å²) in [5.74, 6) is 0.325. The first-order valence-electron chi connectivity index (χ1n) is 5.84. The van der Waals surface area contributed by atoms with E-state index in [1.165, 1.54) is 0 Å². The molecule has 0 amide bonds. The van der Waals surface area contributed by atoms with Gasteiger partial charge in [0.25, 0.3) is 0 Å². The van der Waals surface area contributed by atoms with Gasteiger partial charge in [0.15, 0.2) is 0 Å². The van der Waals surface area contributed by atoms with E-state index < -0.39 is 0 Å². The number of rotatable bonds is 3. The van der Waals surface area contributed by atoms with Crippen LogP contribution in [0.5, 0.6) is 11.5 Å². The summed E-state index contributed by atoms with van der Waals surface area (Å²) in [6.45, 7) is 3.85. The minimum absolute atomic E-state index is 0.0805. The lowest BCUT2D eigenvalue weighted by molar-refractivity contribution is 0.433. The smallest absolute Gasteiger partial charge is 0.123 e. The average Bonchev–Trinajstić information content (AvgIpc) is 2.77. The molecular formula is C15H16O3. The fraction of sp³-hybridized carbons (Fsp3) is 0.200. The number of phenolic OH excluding ortho intramolecular Hbond substituents is 2. The van der Waals surface area contributed by atoms with Crippen molar-refractivity contribution in [1.29, 1.82) is 0 Å². The number of furan rings is 1. The highest BCUT2D eigenvalue weighted by Crippen LogP contribution is 2.35. The van der Waals surface area contributed by atoms with Crippen molar-refractivity contribution >= 4 is 12.2 Å². The Morgan fingerprint density at radius 2 is 1.67 bits per heavy atom. The van der Waals surface area contributed by atoms with Crippen LogP contribution < -0.4 is 0 Å². The molecule has 0 aliphatic carbocycles. The summed E-state index contributed by atoms with van der Waals surface area (Å²) in [6.07, 6.45) is 6.89. The molecule has 3 heteroatoms. The molecule has 0 saturated heterocycles. The zero-order chi connectivity index (χ0) is 13.1. The Morgan fingerprint density at radius 1 is 1.06 bits per heavy atom. The van der Waals surface area contributed by atoms with Crippen LogP contribution in [0.1, 0.15) is 36.5 Å². The van der Waals surface area contributed by atoms with Gasteiger partial charge in [-0.05, 0) is 29.7 Å².